The van der Waals surface area contributed by atoms with Crippen LogP contribution >= 0.6 is 0 Å². The minimum absolute atomic E-state index is 0.0826. The molecule has 132 valence electrons. The van der Waals surface area contributed by atoms with Crippen LogP contribution in [-0.2, 0) is 0 Å². The Bertz CT molecular complexity index is 1100. The van der Waals surface area contributed by atoms with E-state index in [1.165, 1.54) is 0 Å². The van der Waals surface area contributed by atoms with Gasteiger partial charge in [-0.25, -0.2) is 14.5 Å². The van der Waals surface area contributed by atoms with Crippen molar-refractivity contribution in [2.75, 3.05) is 18.1 Å². The highest BCUT2D eigenvalue weighted by atomic mass is 16.5. The van der Waals surface area contributed by atoms with Gasteiger partial charge in [0.25, 0.3) is 0 Å². The van der Waals surface area contributed by atoms with Crippen molar-refractivity contribution < 1.29 is 4.74 Å². The Morgan fingerprint density at radius 3 is 2.85 bits per heavy atom. The number of ether oxygens (including phenoxy) is 1. The fraction of sp³-hybridized carbons (Fsp3) is 0.235. The van der Waals surface area contributed by atoms with Crippen molar-refractivity contribution in [1.29, 1.82) is 0 Å². The van der Waals surface area contributed by atoms with Crippen molar-refractivity contribution in [2.45, 2.75) is 20.0 Å². The molecule has 0 saturated carbocycles. The van der Waals surface area contributed by atoms with Gasteiger partial charge in [0.05, 0.1) is 12.3 Å². The van der Waals surface area contributed by atoms with Crippen LogP contribution in [0.5, 0.6) is 5.75 Å². The van der Waals surface area contributed by atoms with E-state index in [9.17, 15) is 0 Å². The summed E-state index contributed by atoms with van der Waals surface area (Å²) in [5.74, 6) is 2.20. The first kappa shape index (κ1) is 16.0. The van der Waals surface area contributed by atoms with Crippen LogP contribution < -0.4 is 15.8 Å². The Morgan fingerprint density at radius 1 is 1.23 bits per heavy atom. The van der Waals surface area contributed by atoms with Crippen molar-refractivity contribution in [3.63, 3.8) is 0 Å². The van der Waals surface area contributed by atoms with Gasteiger partial charge in [0.1, 0.15) is 17.1 Å². The normalized spacial score (nSPS) is 11.4. The number of pyridine rings is 2. The quantitative estimate of drug-likeness (QED) is 0.575. The van der Waals surface area contributed by atoms with Crippen molar-refractivity contribution >= 4 is 28.2 Å². The minimum atomic E-state index is 0.0826. The molecule has 4 aromatic heterocycles. The summed E-state index contributed by atoms with van der Waals surface area (Å²) in [4.78, 5) is 8.98. The standard InChI is InChI=1S/C17H18N8O/c1-9(2)26-10-4-5-14-21-16(24-25(14)8-10)12-7-20-17(19-3)15-11(12)6-13(18)22-23-15/h4-9H,1-3H3,(H2,18,22)(H,19,20). The third kappa shape index (κ3) is 2.73. The molecular formula is C17H18N8O. The lowest BCUT2D eigenvalue weighted by Gasteiger charge is -2.08. The van der Waals surface area contributed by atoms with Crippen LogP contribution in [-0.4, -0.2) is 42.9 Å². The van der Waals surface area contributed by atoms with Crippen LogP contribution in [0.3, 0.4) is 0 Å². The molecule has 9 nitrogen and oxygen atoms in total. The fourth-order valence-electron chi connectivity index (χ4n) is 2.73. The van der Waals surface area contributed by atoms with Gasteiger partial charge in [0.15, 0.2) is 17.3 Å². The maximum atomic E-state index is 5.83. The maximum absolute atomic E-state index is 5.83. The summed E-state index contributed by atoms with van der Waals surface area (Å²) >= 11 is 0. The van der Waals surface area contributed by atoms with Gasteiger partial charge in [0, 0.05) is 24.2 Å². The Morgan fingerprint density at radius 2 is 2.08 bits per heavy atom. The molecule has 0 atom stereocenters. The Kier molecular flexibility index (Phi) is 3.76. The van der Waals surface area contributed by atoms with Crippen molar-refractivity contribution in [3.8, 4) is 17.1 Å². The lowest BCUT2D eigenvalue weighted by Crippen LogP contribution is -2.06. The predicted octanol–water partition coefficient (Wildman–Crippen LogP) is 2.15. The molecule has 26 heavy (non-hydrogen) atoms. The van der Waals surface area contributed by atoms with Gasteiger partial charge in [-0.15, -0.1) is 15.3 Å². The fourth-order valence-corrected chi connectivity index (χ4v) is 2.73. The lowest BCUT2D eigenvalue weighted by molar-refractivity contribution is 0.241. The summed E-state index contributed by atoms with van der Waals surface area (Å²) in [6, 6.07) is 5.48. The third-order valence-corrected chi connectivity index (χ3v) is 3.80. The van der Waals surface area contributed by atoms with Crippen LogP contribution in [0.25, 0.3) is 27.9 Å². The van der Waals surface area contributed by atoms with Gasteiger partial charge in [-0.2, -0.15) is 0 Å². The zero-order valence-corrected chi connectivity index (χ0v) is 14.6. The van der Waals surface area contributed by atoms with E-state index in [-0.39, 0.29) is 6.10 Å². The SMILES string of the molecule is CNc1ncc(-c2nc3ccc(OC(C)C)cn3n2)c2cc(N)nnc12. The molecule has 4 aromatic rings. The molecule has 0 saturated heterocycles. The van der Waals surface area contributed by atoms with Crippen LogP contribution in [0.1, 0.15) is 13.8 Å². The van der Waals surface area contributed by atoms with E-state index in [4.69, 9.17) is 10.5 Å². The second-order valence-electron chi connectivity index (χ2n) is 6.07. The third-order valence-electron chi connectivity index (χ3n) is 3.80. The summed E-state index contributed by atoms with van der Waals surface area (Å²) in [6.07, 6.45) is 3.59. The van der Waals surface area contributed by atoms with Crippen LogP contribution in [0.2, 0.25) is 0 Å². The Hall–Kier alpha value is -3.49. The molecule has 0 aliphatic rings. The van der Waals surface area contributed by atoms with Crippen LogP contribution in [0.4, 0.5) is 11.6 Å². The molecule has 0 amide bonds. The van der Waals surface area contributed by atoms with Crippen molar-refractivity contribution in [1.82, 2.24) is 29.8 Å². The zero-order chi connectivity index (χ0) is 18.3. The van der Waals surface area contributed by atoms with E-state index in [1.54, 1.807) is 30.0 Å². The number of nitrogens with two attached hydrogens (primary N) is 1. The molecule has 0 aromatic carbocycles. The highest BCUT2D eigenvalue weighted by Crippen LogP contribution is 2.29. The summed E-state index contributed by atoms with van der Waals surface area (Å²) < 4.78 is 7.39. The first-order valence-corrected chi connectivity index (χ1v) is 8.18. The molecule has 9 heteroatoms. The number of rotatable bonds is 4. The molecule has 4 heterocycles. The average Bonchev–Trinajstić information content (AvgIpc) is 3.03. The van der Waals surface area contributed by atoms with Gasteiger partial charge in [-0.1, -0.05) is 0 Å². The number of nitrogens with one attached hydrogen (secondary N) is 1. The highest BCUT2D eigenvalue weighted by Gasteiger charge is 2.15. The number of anilines is 2. The number of nitrogens with zero attached hydrogens (tertiary/aromatic N) is 6. The van der Waals surface area contributed by atoms with Crippen molar-refractivity contribution in [3.05, 3.63) is 30.6 Å². The summed E-state index contributed by atoms with van der Waals surface area (Å²) in [6.45, 7) is 3.95. The smallest absolute Gasteiger partial charge is 0.184 e. The first-order chi connectivity index (χ1) is 12.5. The van der Waals surface area contributed by atoms with E-state index < -0.39 is 0 Å². The molecule has 0 fully saturated rings. The lowest BCUT2D eigenvalue weighted by atomic mass is 10.1. The predicted molar refractivity (Wildman–Crippen MR) is 99.0 cm³/mol. The number of fused-ring (bicyclic) bond motifs is 2. The van der Waals surface area contributed by atoms with Gasteiger partial charge < -0.3 is 15.8 Å². The summed E-state index contributed by atoms with van der Waals surface area (Å²) in [5.41, 5.74) is 7.88. The molecule has 0 aliphatic heterocycles. The summed E-state index contributed by atoms with van der Waals surface area (Å²) in [5, 5.41) is 16.4. The van der Waals surface area contributed by atoms with Crippen LogP contribution in [0, 0.1) is 0 Å². The maximum Gasteiger partial charge on any atom is 0.184 e. The average molecular weight is 350 g/mol. The molecule has 0 aliphatic carbocycles. The van der Waals surface area contributed by atoms with E-state index in [0.717, 1.165) is 16.7 Å². The Balaban J connectivity index is 1.88. The number of aromatic nitrogens is 6. The minimum Gasteiger partial charge on any atom is -0.489 e. The van der Waals surface area contributed by atoms with Gasteiger partial charge >= 0.3 is 0 Å². The largest absolute Gasteiger partial charge is 0.489 e. The monoisotopic (exact) mass is 350 g/mol. The molecule has 0 radical (unpaired) electrons. The van der Waals surface area contributed by atoms with Crippen LogP contribution in [0.15, 0.2) is 30.6 Å². The van der Waals surface area contributed by atoms with Gasteiger partial charge in [-0.05, 0) is 32.0 Å². The van der Waals surface area contributed by atoms with E-state index >= 15 is 0 Å². The highest BCUT2D eigenvalue weighted by molar-refractivity contribution is 5.98. The van der Waals surface area contributed by atoms with Gasteiger partial charge in [-0.3, -0.25) is 0 Å². The molecule has 3 N–H and O–H groups in total. The number of nitrogen functional groups attached to an aromatic ring is 1. The first-order valence-electron chi connectivity index (χ1n) is 8.18. The molecule has 4 rings (SSSR count). The zero-order valence-electron chi connectivity index (χ0n) is 14.6. The molecule has 0 unspecified atom stereocenters. The number of hydrogen-bond donors (Lipinski definition) is 2. The van der Waals surface area contributed by atoms with Crippen molar-refractivity contribution in [2.24, 2.45) is 0 Å². The van der Waals surface area contributed by atoms with E-state index in [2.05, 4.69) is 30.6 Å². The second-order valence-corrected chi connectivity index (χ2v) is 6.07. The Labute approximate surface area is 149 Å². The van der Waals surface area contributed by atoms with E-state index in [0.29, 0.717) is 28.6 Å². The molecule has 0 bridgehead atoms. The molecular weight excluding hydrogens is 332 g/mol. The number of hydrogen-bond acceptors (Lipinski definition) is 8. The van der Waals surface area contributed by atoms with Gasteiger partial charge in [0.2, 0.25) is 0 Å². The van der Waals surface area contributed by atoms with E-state index in [1.807, 2.05) is 26.0 Å². The second kappa shape index (κ2) is 6.10. The summed E-state index contributed by atoms with van der Waals surface area (Å²) in [7, 11) is 1.78. The molecule has 0 spiro atoms. The topological polar surface area (TPSA) is 116 Å².